The molecule has 2 N–H and O–H groups in total. The SMILES string of the molecule is N[C@H]1C[C@@H](CCl)C1. The standard InChI is InChI=1S/C5H10ClN/c6-3-4-1-5(7)2-4/h4-5H,1-3,7H2/t4-,5+. The van der Waals surface area contributed by atoms with Crippen LogP contribution >= 0.6 is 11.6 Å². The fraction of sp³-hybridized carbons (Fsp3) is 1.00. The quantitative estimate of drug-likeness (QED) is 0.512. The van der Waals surface area contributed by atoms with Crippen LogP contribution in [0.1, 0.15) is 12.8 Å². The third-order valence-corrected chi connectivity index (χ3v) is 1.93. The average molecular weight is 120 g/mol. The molecule has 2 heteroatoms. The molecule has 1 aliphatic rings. The summed E-state index contributed by atoms with van der Waals surface area (Å²) in [5.41, 5.74) is 5.49. The highest BCUT2D eigenvalue weighted by molar-refractivity contribution is 6.18. The topological polar surface area (TPSA) is 26.0 Å². The van der Waals surface area contributed by atoms with Gasteiger partial charge in [-0.3, -0.25) is 0 Å². The summed E-state index contributed by atoms with van der Waals surface area (Å²) >= 11 is 5.51. The summed E-state index contributed by atoms with van der Waals surface area (Å²) in [6.07, 6.45) is 2.28. The first-order valence-electron chi connectivity index (χ1n) is 2.64. The van der Waals surface area contributed by atoms with Crippen LogP contribution in [0.2, 0.25) is 0 Å². The second-order valence-corrected chi connectivity index (χ2v) is 2.56. The van der Waals surface area contributed by atoms with Crippen LogP contribution in [0.4, 0.5) is 0 Å². The number of hydrogen-bond donors (Lipinski definition) is 1. The van der Waals surface area contributed by atoms with Gasteiger partial charge in [0.25, 0.3) is 0 Å². The maximum Gasteiger partial charge on any atom is 0.0252 e. The van der Waals surface area contributed by atoms with E-state index < -0.39 is 0 Å². The zero-order valence-corrected chi connectivity index (χ0v) is 4.99. The molecular formula is C5H10ClN. The Morgan fingerprint density at radius 2 is 2.14 bits per heavy atom. The Hall–Kier alpha value is 0.250. The van der Waals surface area contributed by atoms with E-state index in [0.717, 1.165) is 24.6 Å². The van der Waals surface area contributed by atoms with Gasteiger partial charge in [-0.05, 0) is 18.8 Å². The van der Waals surface area contributed by atoms with Crippen LogP contribution in [0.15, 0.2) is 0 Å². The predicted molar refractivity (Wildman–Crippen MR) is 31.4 cm³/mol. The molecule has 1 fully saturated rings. The van der Waals surface area contributed by atoms with Crippen molar-refractivity contribution in [3.63, 3.8) is 0 Å². The second kappa shape index (κ2) is 2.01. The lowest BCUT2D eigenvalue weighted by molar-refractivity contribution is 0.294. The Balaban J connectivity index is 2.06. The zero-order valence-electron chi connectivity index (χ0n) is 4.23. The summed E-state index contributed by atoms with van der Waals surface area (Å²) < 4.78 is 0. The van der Waals surface area contributed by atoms with Gasteiger partial charge < -0.3 is 5.73 Å². The Bertz CT molecular complexity index is 59.1. The van der Waals surface area contributed by atoms with Gasteiger partial charge in [0, 0.05) is 11.9 Å². The minimum atomic E-state index is 0.462. The van der Waals surface area contributed by atoms with Crippen molar-refractivity contribution in [2.75, 3.05) is 5.88 Å². The van der Waals surface area contributed by atoms with Crippen molar-refractivity contribution in [3.05, 3.63) is 0 Å². The van der Waals surface area contributed by atoms with Crippen molar-refractivity contribution < 1.29 is 0 Å². The van der Waals surface area contributed by atoms with E-state index in [1.807, 2.05) is 0 Å². The summed E-state index contributed by atoms with van der Waals surface area (Å²) in [6.45, 7) is 0. The van der Waals surface area contributed by atoms with Gasteiger partial charge in [0.05, 0.1) is 0 Å². The van der Waals surface area contributed by atoms with Crippen LogP contribution in [-0.2, 0) is 0 Å². The molecule has 0 bridgehead atoms. The number of hydrogen-bond acceptors (Lipinski definition) is 1. The summed E-state index contributed by atoms with van der Waals surface area (Å²) in [5, 5.41) is 0. The van der Waals surface area contributed by atoms with E-state index >= 15 is 0 Å². The van der Waals surface area contributed by atoms with Crippen LogP contribution in [0, 0.1) is 5.92 Å². The van der Waals surface area contributed by atoms with Crippen molar-refractivity contribution in [1.82, 2.24) is 0 Å². The third-order valence-electron chi connectivity index (χ3n) is 1.49. The number of alkyl halides is 1. The molecule has 7 heavy (non-hydrogen) atoms. The monoisotopic (exact) mass is 119 g/mol. The average Bonchev–Trinajstić information content (AvgIpc) is 1.58. The van der Waals surface area contributed by atoms with Crippen LogP contribution < -0.4 is 5.73 Å². The van der Waals surface area contributed by atoms with Crippen molar-refractivity contribution in [3.8, 4) is 0 Å². The van der Waals surface area contributed by atoms with E-state index in [-0.39, 0.29) is 0 Å². The van der Waals surface area contributed by atoms with Crippen LogP contribution in [0.3, 0.4) is 0 Å². The Kier molecular flexibility index (Phi) is 1.55. The van der Waals surface area contributed by atoms with E-state index in [2.05, 4.69) is 0 Å². The maximum absolute atomic E-state index is 5.51. The number of rotatable bonds is 1. The highest BCUT2D eigenvalue weighted by atomic mass is 35.5. The second-order valence-electron chi connectivity index (χ2n) is 2.25. The van der Waals surface area contributed by atoms with Crippen molar-refractivity contribution in [2.24, 2.45) is 11.7 Å². The van der Waals surface area contributed by atoms with Gasteiger partial charge >= 0.3 is 0 Å². The molecule has 0 aromatic heterocycles. The molecule has 0 amide bonds. The lowest BCUT2D eigenvalue weighted by atomic mass is 9.82. The van der Waals surface area contributed by atoms with E-state index in [1.54, 1.807) is 0 Å². The van der Waals surface area contributed by atoms with Crippen LogP contribution in [0.5, 0.6) is 0 Å². The van der Waals surface area contributed by atoms with Crippen LogP contribution in [0.25, 0.3) is 0 Å². The Morgan fingerprint density at radius 3 is 2.29 bits per heavy atom. The summed E-state index contributed by atoms with van der Waals surface area (Å²) in [7, 11) is 0. The van der Waals surface area contributed by atoms with E-state index in [1.165, 1.54) is 0 Å². The molecule has 1 aliphatic carbocycles. The fourth-order valence-corrected chi connectivity index (χ4v) is 1.17. The lowest BCUT2D eigenvalue weighted by Crippen LogP contribution is -2.36. The minimum Gasteiger partial charge on any atom is -0.328 e. The Morgan fingerprint density at radius 1 is 1.57 bits per heavy atom. The molecular weight excluding hydrogens is 110 g/mol. The van der Waals surface area contributed by atoms with Crippen molar-refractivity contribution >= 4 is 11.6 Å². The molecule has 0 saturated heterocycles. The van der Waals surface area contributed by atoms with Crippen LogP contribution in [-0.4, -0.2) is 11.9 Å². The molecule has 1 rings (SSSR count). The van der Waals surface area contributed by atoms with Gasteiger partial charge in [0.1, 0.15) is 0 Å². The van der Waals surface area contributed by atoms with Gasteiger partial charge in [-0.15, -0.1) is 11.6 Å². The van der Waals surface area contributed by atoms with Gasteiger partial charge in [-0.25, -0.2) is 0 Å². The number of halogens is 1. The fourth-order valence-electron chi connectivity index (χ4n) is 0.913. The van der Waals surface area contributed by atoms with E-state index in [0.29, 0.717) is 6.04 Å². The first-order chi connectivity index (χ1) is 3.33. The zero-order chi connectivity index (χ0) is 5.28. The lowest BCUT2D eigenvalue weighted by Gasteiger charge is -2.30. The molecule has 0 aromatic rings. The van der Waals surface area contributed by atoms with E-state index in [4.69, 9.17) is 17.3 Å². The number of nitrogens with two attached hydrogens (primary N) is 1. The molecule has 0 aromatic carbocycles. The summed E-state index contributed by atoms with van der Waals surface area (Å²) in [5.74, 6) is 1.53. The summed E-state index contributed by atoms with van der Waals surface area (Å²) in [4.78, 5) is 0. The molecule has 0 unspecified atom stereocenters. The van der Waals surface area contributed by atoms with E-state index in [9.17, 15) is 0 Å². The Labute approximate surface area is 48.8 Å². The molecule has 0 spiro atoms. The van der Waals surface area contributed by atoms with Gasteiger partial charge in [0.2, 0.25) is 0 Å². The molecule has 1 saturated carbocycles. The smallest absolute Gasteiger partial charge is 0.0252 e. The van der Waals surface area contributed by atoms with Crippen molar-refractivity contribution in [1.29, 1.82) is 0 Å². The highest BCUT2D eigenvalue weighted by Crippen LogP contribution is 2.25. The van der Waals surface area contributed by atoms with Gasteiger partial charge in [0.15, 0.2) is 0 Å². The predicted octanol–water partition coefficient (Wildman–Crippen LogP) is 0.962. The molecule has 42 valence electrons. The van der Waals surface area contributed by atoms with Gasteiger partial charge in [-0.1, -0.05) is 0 Å². The molecule has 0 atom stereocenters. The summed E-state index contributed by atoms with van der Waals surface area (Å²) in [6, 6.07) is 0.462. The normalized spacial score (nSPS) is 40.3. The first-order valence-corrected chi connectivity index (χ1v) is 3.18. The molecule has 0 radical (unpaired) electrons. The third kappa shape index (κ3) is 1.07. The molecule has 1 nitrogen and oxygen atoms in total. The minimum absolute atomic E-state index is 0.462. The highest BCUT2D eigenvalue weighted by Gasteiger charge is 2.24. The maximum atomic E-state index is 5.51. The molecule has 0 heterocycles. The largest absolute Gasteiger partial charge is 0.328 e. The van der Waals surface area contributed by atoms with Gasteiger partial charge in [-0.2, -0.15) is 0 Å². The first kappa shape index (κ1) is 5.39. The molecule has 0 aliphatic heterocycles. The van der Waals surface area contributed by atoms with Crippen molar-refractivity contribution in [2.45, 2.75) is 18.9 Å².